The van der Waals surface area contributed by atoms with E-state index in [-0.39, 0.29) is 5.78 Å². The van der Waals surface area contributed by atoms with E-state index in [4.69, 9.17) is 0 Å². The number of nitrogens with zero attached hydrogens (tertiary/aromatic N) is 3. The number of Topliss-reactive ketones (excluding diaryl/α,β-unsaturated/α-hetero) is 1. The maximum Gasteiger partial charge on any atom is 0.188 e. The molecule has 2 aromatic heterocycles. The van der Waals surface area contributed by atoms with Crippen LogP contribution in [0.2, 0.25) is 0 Å². The average Bonchev–Trinajstić information content (AvgIpc) is 2.71. The van der Waals surface area contributed by atoms with Crippen molar-refractivity contribution in [2.24, 2.45) is 0 Å². The zero-order chi connectivity index (χ0) is 10.7. The van der Waals surface area contributed by atoms with Gasteiger partial charge < -0.3 is 0 Å². The number of aryl methyl sites for hydroxylation is 1. The minimum absolute atomic E-state index is 0.0215. The molecule has 2 rings (SSSR count). The van der Waals surface area contributed by atoms with E-state index in [1.165, 1.54) is 11.3 Å². The van der Waals surface area contributed by atoms with Crippen LogP contribution in [0.4, 0.5) is 0 Å². The van der Waals surface area contributed by atoms with Crippen molar-refractivity contribution in [3.8, 4) is 0 Å². The molecule has 2 aromatic rings. The summed E-state index contributed by atoms with van der Waals surface area (Å²) in [6.45, 7) is 1.84. The first-order valence-electron chi connectivity index (χ1n) is 4.46. The summed E-state index contributed by atoms with van der Waals surface area (Å²) in [6.07, 6.45) is 2.05. The third kappa shape index (κ3) is 2.44. The molecule has 0 radical (unpaired) electrons. The van der Waals surface area contributed by atoms with Crippen LogP contribution in [0, 0.1) is 6.92 Å². The molecule has 76 valence electrons. The van der Waals surface area contributed by atoms with E-state index in [1.807, 2.05) is 6.92 Å². The fraction of sp³-hybridized carbons (Fsp3) is 0.200. The lowest BCUT2D eigenvalue weighted by Crippen LogP contribution is -2.06. The van der Waals surface area contributed by atoms with Crippen LogP contribution >= 0.6 is 11.3 Å². The first-order chi connectivity index (χ1) is 7.25. The Morgan fingerprint density at radius 2 is 2.27 bits per heavy atom. The summed E-state index contributed by atoms with van der Waals surface area (Å²) in [5.41, 5.74) is 2.93. The Morgan fingerprint density at radius 3 is 2.87 bits per heavy atom. The van der Waals surface area contributed by atoms with Crippen LogP contribution in [0.1, 0.15) is 21.1 Å². The summed E-state index contributed by atoms with van der Waals surface area (Å²) in [4.78, 5) is 16.6. The second-order valence-electron chi connectivity index (χ2n) is 3.13. The number of rotatable bonds is 3. The van der Waals surface area contributed by atoms with Crippen molar-refractivity contribution < 1.29 is 4.79 Å². The second kappa shape index (κ2) is 4.27. The highest BCUT2D eigenvalue weighted by Gasteiger charge is 2.09. The van der Waals surface area contributed by atoms with Crippen LogP contribution in [0.3, 0.4) is 0 Å². The molecular weight excluding hydrogens is 210 g/mol. The van der Waals surface area contributed by atoms with Gasteiger partial charge in [0, 0.05) is 17.5 Å². The van der Waals surface area contributed by atoms with Gasteiger partial charge in [-0.3, -0.25) is 9.78 Å². The highest BCUT2D eigenvalue weighted by Crippen LogP contribution is 2.09. The van der Waals surface area contributed by atoms with Crippen molar-refractivity contribution in [1.29, 1.82) is 0 Å². The predicted molar refractivity (Wildman–Crippen MR) is 56.9 cm³/mol. The first kappa shape index (κ1) is 9.92. The molecule has 15 heavy (non-hydrogen) atoms. The monoisotopic (exact) mass is 219 g/mol. The van der Waals surface area contributed by atoms with E-state index in [0.717, 1.165) is 10.6 Å². The second-order valence-corrected chi connectivity index (χ2v) is 4.10. The number of aromatic nitrogens is 3. The maximum absolute atomic E-state index is 11.7. The van der Waals surface area contributed by atoms with Crippen LogP contribution < -0.4 is 0 Å². The molecular formula is C10H9N3OS. The summed E-state index contributed by atoms with van der Waals surface area (Å²) < 4.78 is 0. The highest BCUT2D eigenvalue weighted by atomic mass is 32.1. The van der Waals surface area contributed by atoms with E-state index in [2.05, 4.69) is 15.2 Å². The number of carbonyl (C=O) groups is 1. The van der Waals surface area contributed by atoms with Crippen molar-refractivity contribution >= 4 is 17.1 Å². The molecule has 0 spiro atoms. The molecule has 4 nitrogen and oxygen atoms in total. The average molecular weight is 219 g/mol. The summed E-state index contributed by atoms with van der Waals surface area (Å²) >= 11 is 1.47. The lowest BCUT2D eigenvalue weighted by molar-refractivity contribution is 0.0988. The molecule has 0 saturated heterocycles. The van der Waals surface area contributed by atoms with Crippen LogP contribution in [0.25, 0.3) is 0 Å². The third-order valence-electron chi connectivity index (χ3n) is 1.90. The number of thiazole rings is 1. The van der Waals surface area contributed by atoms with E-state index < -0.39 is 0 Å². The third-order valence-corrected chi connectivity index (χ3v) is 2.68. The molecule has 0 unspecified atom stereocenters. The van der Waals surface area contributed by atoms with E-state index >= 15 is 0 Å². The van der Waals surface area contributed by atoms with Crippen molar-refractivity contribution in [2.45, 2.75) is 13.3 Å². The van der Waals surface area contributed by atoms with Crippen molar-refractivity contribution in [3.63, 3.8) is 0 Å². The van der Waals surface area contributed by atoms with Gasteiger partial charge in [0.1, 0.15) is 5.69 Å². The lowest BCUT2D eigenvalue weighted by Gasteiger charge is -1.97. The van der Waals surface area contributed by atoms with Gasteiger partial charge in [0.25, 0.3) is 0 Å². The van der Waals surface area contributed by atoms with Gasteiger partial charge in [-0.15, -0.1) is 16.4 Å². The van der Waals surface area contributed by atoms with E-state index in [9.17, 15) is 4.79 Å². The Morgan fingerprint density at radius 1 is 1.40 bits per heavy atom. The molecule has 2 heterocycles. The predicted octanol–water partition coefficient (Wildman–Crippen LogP) is 1.67. The van der Waals surface area contributed by atoms with Crippen molar-refractivity contribution in [2.75, 3.05) is 0 Å². The molecule has 0 aliphatic heterocycles. The minimum atomic E-state index is -0.0215. The lowest BCUT2D eigenvalue weighted by atomic mass is 10.2. The molecule has 0 aromatic carbocycles. The fourth-order valence-corrected chi connectivity index (χ4v) is 1.72. The normalized spacial score (nSPS) is 10.2. The fourth-order valence-electron chi connectivity index (χ4n) is 1.13. The Kier molecular flexibility index (Phi) is 2.82. The van der Waals surface area contributed by atoms with E-state index in [1.54, 1.807) is 23.8 Å². The minimum Gasteiger partial charge on any atom is -0.292 e. The molecule has 0 fully saturated rings. The molecule has 0 amide bonds. The Bertz CT molecular complexity index is 450. The number of carbonyl (C=O) groups excluding carboxylic acids is 1. The van der Waals surface area contributed by atoms with E-state index in [0.29, 0.717) is 12.1 Å². The summed E-state index contributed by atoms with van der Waals surface area (Å²) in [5, 5.41) is 7.69. The SMILES string of the molecule is Cc1ccc(C(=O)Cc2cncs2)nn1. The molecule has 0 bridgehead atoms. The zero-order valence-electron chi connectivity index (χ0n) is 8.17. The van der Waals surface area contributed by atoms with Crippen LogP contribution in [0.5, 0.6) is 0 Å². The molecule has 0 aliphatic rings. The van der Waals surface area contributed by atoms with Gasteiger partial charge in [0.05, 0.1) is 11.2 Å². The van der Waals surface area contributed by atoms with Gasteiger partial charge in [0.2, 0.25) is 0 Å². The number of hydrogen-bond donors (Lipinski definition) is 0. The Hall–Kier alpha value is -1.62. The van der Waals surface area contributed by atoms with Crippen LogP contribution in [-0.2, 0) is 6.42 Å². The van der Waals surface area contributed by atoms with Gasteiger partial charge in [-0.1, -0.05) is 0 Å². The van der Waals surface area contributed by atoms with Crippen molar-refractivity contribution in [3.05, 3.63) is 40.1 Å². The molecule has 0 atom stereocenters. The maximum atomic E-state index is 11.7. The van der Waals surface area contributed by atoms with Crippen LogP contribution in [-0.4, -0.2) is 21.0 Å². The summed E-state index contributed by atoms with van der Waals surface area (Å²) in [5.74, 6) is -0.0215. The molecule has 0 saturated carbocycles. The standard InChI is InChI=1S/C10H9N3OS/c1-7-2-3-9(13-12-7)10(14)4-8-5-11-6-15-8/h2-3,5-6H,4H2,1H3. The summed E-state index contributed by atoms with van der Waals surface area (Å²) in [7, 11) is 0. The van der Waals surface area contributed by atoms with Crippen molar-refractivity contribution in [1.82, 2.24) is 15.2 Å². The van der Waals surface area contributed by atoms with Gasteiger partial charge in [-0.2, -0.15) is 5.10 Å². The zero-order valence-corrected chi connectivity index (χ0v) is 8.99. The molecule has 0 aliphatic carbocycles. The number of hydrogen-bond acceptors (Lipinski definition) is 5. The summed E-state index contributed by atoms with van der Waals surface area (Å²) in [6, 6.07) is 3.48. The van der Waals surface area contributed by atoms with Crippen LogP contribution in [0.15, 0.2) is 23.8 Å². The topological polar surface area (TPSA) is 55.7 Å². The van der Waals surface area contributed by atoms with Gasteiger partial charge >= 0.3 is 0 Å². The smallest absolute Gasteiger partial charge is 0.188 e. The quantitative estimate of drug-likeness (QED) is 0.737. The number of ketones is 1. The van der Waals surface area contributed by atoms with Gasteiger partial charge in [-0.25, -0.2) is 0 Å². The Labute approximate surface area is 91.0 Å². The van der Waals surface area contributed by atoms with Gasteiger partial charge in [0.15, 0.2) is 5.78 Å². The largest absolute Gasteiger partial charge is 0.292 e. The molecule has 5 heteroatoms. The highest BCUT2D eigenvalue weighted by molar-refractivity contribution is 7.09. The molecule has 0 N–H and O–H groups in total. The van der Waals surface area contributed by atoms with Gasteiger partial charge in [-0.05, 0) is 19.1 Å². The first-order valence-corrected chi connectivity index (χ1v) is 5.34. The Balaban J connectivity index is 2.11.